The molecule has 0 radical (unpaired) electrons. The molecule has 2 nitrogen and oxygen atoms in total. The molecular weight excluding hydrogens is 230 g/mol. The predicted octanol–water partition coefficient (Wildman–Crippen LogP) is 2.25. The van der Waals surface area contributed by atoms with Crippen molar-refractivity contribution >= 4 is 34.8 Å². The van der Waals surface area contributed by atoms with Crippen molar-refractivity contribution in [1.82, 2.24) is 4.57 Å². The molecule has 0 spiro atoms. The van der Waals surface area contributed by atoms with Gasteiger partial charge < -0.3 is 0 Å². The molecule has 74 valence electrons. The van der Waals surface area contributed by atoms with E-state index in [-0.39, 0.29) is 0 Å². The van der Waals surface area contributed by atoms with E-state index in [2.05, 4.69) is 11.5 Å². The number of hydrogen-bond acceptors (Lipinski definition) is 0. The molecular formula is C8H12Cl3N2+. The van der Waals surface area contributed by atoms with E-state index < -0.39 is 3.79 Å². The van der Waals surface area contributed by atoms with Crippen LogP contribution < -0.4 is 4.57 Å². The Morgan fingerprint density at radius 3 is 2.54 bits per heavy atom. The van der Waals surface area contributed by atoms with E-state index in [9.17, 15) is 0 Å². The van der Waals surface area contributed by atoms with E-state index in [1.165, 1.54) is 0 Å². The summed E-state index contributed by atoms with van der Waals surface area (Å²) in [7, 11) is 1.94. The van der Waals surface area contributed by atoms with Gasteiger partial charge >= 0.3 is 0 Å². The number of rotatable bonds is 2. The van der Waals surface area contributed by atoms with E-state index in [4.69, 9.17) is 34.8 Å². The molecule has 0 unspecified atom stereocenters. The van der Waals surface area contributed by atoms with Gasteiger partial charge in [-0.3, -0.25) is 0 Å². The minimum absolute atomic E-state index is 0.426. The third-order valence-electron chi connectivity index (χ3n) is 1.91. The topological polar surface area (TPSA) is 8.81 Å². The summed E-state index contributed by atoms with van der Waals surface area (Å²) in [6, 6.07) is 0. The Labute approximate surface area is 93.0 Å². The van der Waals surface area contributed by atoms with E-state index in [0.29, 0.717) is 6.42 Å². The first-order valence-electron chi connectivity index (χ1n) is 4.04. The van der Waals surface area contributed by atoms with Crippen molar-refractivity contribution in [3.05, 3.63) is 18.2 Å². The smallest absolute Gasteiger partial charge is 0.237 e. The molecule has 5 heteroatoms. The van der Waals surface area contributed by atoms with Gasteiger partial charge in [-0.1, -0.05) is 34.8 Å². The Morgan fingerprint density at radius 1 is 1.46 bits per heavy atom. The fourth-order valence-corrected chi connectivity index (χ4v) is 1.61. The monoisotopic (exact) mass is 241 g/mol. The quantitative estimate of drug-likeness (QED) is 0.556. The summed E-state index contributed by atoms with van der Waals surface area (Å²) >= 11 is 17.2. The summed E-state index contributed by atoms with van der Waals surface area (Å²) in [6.45, 7) is 2.94. The van der Waals surface area contributed by atoms with Crippen LogP contribution in [-0.2, 0) is 20.0 Å². The maximum absolute atomic E-state index is 5.73. The van der Waals surface area contributed by atoms with Crippen LogP contribution in [0.3, 0.4) is 0 Å². The third-order valence-corrected chi connectivity index (χ3v) is 2.31. The van der Waals surface area contributed by atoms with Crippen molar-refractivity contribution in [2.24, 2.45) is 7.05 Å². The molecule has 1 aromatic heterocycles. The lowest BCUT2D eigenvalue weighted by atomic mass is 10.4. The van der Waals surface area contributed by atoms with Gasteiger partial charge in [-0.25, -0.2) is 9.13 Å². The fraction of sp³-hybridized carbons (Fsp3) is 0.625. The van der Waals surface area contributed by atoms with Crippen molar-refractivity contribution in [3.8, 4) is 0 Å². The molecule has 0 aromatic carbocycles. The first kappa shape index (κ1) is 11.2. The Morgan fingerprint density at radius 2 is 2.08 bits per heavy atom. The SMILES string of the molecule is CCn1cc[n+](C)c1CC(Cl)(Cl)Cl. The first-order chi connectivity index (χ1) is 5.94. The lowest BCUT2D eigenvalue weighted by Crippen LogP contribution is -2.34. The van der Waals surface area contributed by atoms with Gasteiger partial charge in [-0.05, 0) is 6.92 Å². The molecule has 0 aliphatic heterocycles. The third kappa shape index (κ3) is 3.04. The summed E-state index contributed by atoms with van der Waals surface area (Å²) < 4.78 is 2.80. The van der Waals surface area contributed by atoms with Gasteiger partial charge in [0.05, 0.1) is 20.0 Å². The predicted molar refractivity (Wildman–Crippen MR) is 55.3 cm³/mol. The molecule has 0 saturated carbocycles. The minimum Gasteiger partial charge on any atom is -0.237 e. The van der Waals surface area contributed by atoms with Crippen LogP contribution in [0, 0.1) is 0 Å². The highest BCUT2D eigenvalue weighted by Gasteiger charge is 2.27. The van der Waals surface area contributed by atoms with Crippen LogP contribution in [0.4, 0.5) is 0 Å². The number of nitrogens with zero attached hydrogens (tertiary/aromatic N) is 2. The van der Waals surface area contributed by atoms with E-state index >= 15 is 0 Å². The number of imidazole rings is 1. The maximum atomic E-state index is 5.73. The van der Waals surface area contributed by atoms with Crippen LogP contribution in [0.1, 0.15) is 12.7 Å². The number of alkyl halides is 3. The second-order valence-corrected chi connectivity index (χ2v) is 5.42. The molecule has 0 saturated heterocycles. The Hall–Kier alpha value is 0.0800. The Kier molecular flexibility index (Phi) is 3.50. The lowest BCUT2D eigenvalue weighted by Gasteiger charge is -2.08. The summed E-state index contributed by atoms with van der Waals surface area (Å²) in [5, 5.41) is 0. The number of aromatic nitrogens is 2. The zero-order chi connectivity index (χ0) is 10.1. The van der Waals surface area contributed by atoms with E-state index in [1.807, 2.05) is 24.0 Å². The zero-order valence-corrected chi connectivity index (χ0v) is 9.87. The Bertz CT molecular complexity index is 288. The van der Waals surface area contributed by atoms with Crippen LogP contribution in [0.2, 0.25) is 0 Å². The van der Waals surface area contributed by atoms with Crippen molar-refractivity contribution < 1.29 is 4.57 Å². The van der Waals surface area contributed by atoms with Gasteiger partial charge in [0.15, 0.2) is 0 Å². The highest BCUT2D eigenvalue weighted by atomic mass is 35.6. The molecule has 0 aliphatic carbocycles. The molecule has 1 aromatic rings. The highest BCUT2D eigenvalue weighted by molar-refractivity contribution is 6.67. The van der Waals surface area contributed by atoms with Crippen molar-refractivity contribution in [3.63, 3.8) is 0 Å². The zero-order valence-electron chi connectivity index (χ0n) is 7.60. The molecule has 0 N–H and O–H groups in total. The maximum Gasteiger partial charge on any atom is 0.260 e. The summed E-state index contributed by atoms with van der Waals surface area (Å²) in [6.07, 6.45) is 4.36. The molecule has 1 heterocycles. The first-order valence-corrected chi connectivity index (χ1v) is 5.18. The molecule has 0 aliphatic rings. The van der Waals surface area contributed by atoms with Crippen molar-refractivity contribution in [1.29, 1.82) is 0 Å². The standard InChI is InChI=1S/C8H12Cl3N2/c1-3-13-5-4-12(2)7(13)6-8(9,10)11/h4-5H,3,6H2,1-2H3/q+1. The van der Waals surface area contributed by atoms with Gasteiger partial charge in [0, 0.05) is 0 Å². The summed E-state index contributed by atoms with van der Waals surface area (Å²) in [5.41, 5.74) is 0. The van der Waals surface area contributed by atoms with Crippen LogP contribution in [-0.4, -0.2) is 8.36 Å². The van der Waals surface area contributed by atoms with Crippen molar-refractivity contribution in [2.75, 3.05) is 0 Å². The number of aryl methyl sites for hydroxylation is 2. The van der Waals surface area contributed by atoms with Crippen LogP contribution >= 0.6 is 34.8 Å². The average Bonchev–Trinajstić information content (AvgIpc) is 2.30. The van der Waals surface area contributed by atoms with Crippen LogP contribution in [0.15, 0.2) is 12.4 Å². The molecule has 0 atom stereocenters. The molecule has 0 fully saturated rings. The number of hydrogen-bond donors (Lipinski definition) is 0. The largest absolute Gasteiger partial charge is 0.260 e. The number of halogens is 3. The lowest BCUT2D eigenvalue weighted by molar-refractivity contribution is -0.678. The van der Waals surface area contributed by atoms with E-state index in [0.717, 1.165) is 12.4 Å². The van der Waals surface area contributed by atoms with Crippen LogP contribution in [0.25, 0.3) is 0 Å². The minimum atomic E-state index is -1.22. The normalized spacial score (nSPS) is 12.1. The van der Waals surface area contributed by atoms with Gasteiger partial charge in [0.25, 0.3) is 5.82 Å². The highest BCUT2D eigenvalue weighted by Crippen LogP contribution is 2.29. The van der Waals surface area contributed by atoms with Gasteiger partial charge in [-0.2, -0.15) is 0 Å². The summed E-state index contributed by atoms with van der Waals surface area (Å²) in [5.74, 6) is 1.02. The van der Waals surface area contributed by atoms with Crippen molar-refractivity contribution in [2.45, 2.75) is 23.7 Å². The van der Waals surface area contributed by atoms with Gasteiger partial charge in [0.2, 0.25) is 3.79 Å². The molecule has 13 heavy (non-hydrogen) atoms. The fourth-order valence-electron chi connectivity index (χ4n) is 1.25. The van der Waals surface area contributed by atoms with Gasteiger partial charge in [-0.15, -0.1) is 0 Å². The average molecular weight is 243 g/mol. The Balaban J connectivity index is 2.92. The summed E-state index contributed by atoms with van der Waals surface area (Å²) in [4.78, 5) is 0. The molecule has 1 rings (SSSR count). The second-order valence-electron chi connectivity index (χ2n) is 2.90. The van der Waals surface area contributed by atoms with Gasteiger partial charge in [0.1, 0.15) is 12.4 Å². The van der Waals surface area contributed by atoms with Crippen LogP contribution in [0.5, 0.6) is 0 Å². The molecule has 0 bridgehead atoms. The molecule has 0 amide bonds. The van der Waals surface area contributed by atoms with E-state index in [1.54, 1.807) is 0 Å². The second kappa shape index (κ2) is 4.07.